The van der Waals surface area contributed by atoms with Gasteiger partial charge in [-0.15, -0.1) is 0 Å². The molecule has 396 valence electrons. The van der Waals surface area contributed by atoms with Crippen molar-refractivity contribution in [1.82, 2.24) is 0 Å². The Labute approximate surface area is 406 Å². The highest BCUT2D eigenvalue weighted by Crippen LogP contribution is 2.49. The average molecular weight is 1010 g/mol. The van der Waals surface area contributed by atoms with Crippen LogP contribution in [0.2, 0.25) is 0 Å². The molecule has 0 aromatic rings. The second-order valence-corrected chi connectivity index (χ2v) is 20.9. The number of ether oxygens (including phenoxy) is 3. The molecule has 0 aromatic heterocycles. The monoisotopic (exact) mass is 1010 g/mol. The van der Waals surface area contributed by atoms with Crippen LogP contribution in [0.25, 0.3) is 0 Å². The number of phosphoric acid groups is 2. The lowest BCUT2D eigenvalue weighted by Crippen LogP contribution is -2.64. The molecule has 0 aromatic carbocycles. The number of carbonyl (C=O) groups excluding carboxylic acids is 2. The van der Waals surface area contributed by atoms with E-state index in [4.69, 9.17) is 23.3 Å². The van der Waals surface area contributed by atoms with Crippen LogP contribution in [0.15, 0.2) is 36.5 Å². The first kappa shape index (κ1) is 62.3. The standard InChI is InChI=1S/C49H88O17P2/c1-3-5-7-9-11-13-14-15-16-17-18-19-20-22-24-26-31-35-42(50)61-37-39(38-62-68(59,60)66-49-46(54)44(52)45(53)48(47(49)55)65-67(56,57)58)63-43(51)36-32-28-27-30-34-41-40(64-41)33-29-25-23-21-12-10-8-6-4-2/h12,21,25,27,29-30,39-41,44-49,52-55H,3-11,13-20,22-24,26,28,31-38H2,1-2H3,(H,59,60)(H2,56,57,58)/b21-12-,29-25-,30-27-/t39-,40?,41?,44?,45?,46?,47?,48-,49+/m1/s1. The van der Waals surface area contributed by atoms with Crippen molar-refractivity contribution in [1.29, 1.82) is 0 Å². The Morgan fingerprint density at radius 2 is 0.985 bits per heavy atom. The Hall–Kier alpha value is -1.82. The molecule has 1 aliphatic carbocycles. The summed E-state index contributed by atoms with van der Waals surface area (Å²) >= 11 is 0. The van der Waals surface area contributed by atoms with E-state index in [0.717, 1.165) is 51.4 Å². The molecule has 2 aliphatic rings. The minimum atomic E-state index is -5.37. The number of esters is 2. The van der Waals surface area contributed by atoms with Crippen molar-refractivity contribution in [2.75, 3.05) is 13.2 Å². The molecule has 7 unspecified atom stereocenters. The summed E-state index contributed by atoms with van der Waals surface area (Å²) in [4.78, 5) is 54.4. The average Bonchev–Trinajstić information content (AvgIpc) is 4.05. The van der Waals surface area contributed by atoms with E-state index >= 15 is 0 Å². The Balaban J connectivity index is 1.79. The van der Waals surface area contributed by atoms with E-state index in [-0.39, 0.29) is 25.0 Å². The number of carbonyl (C=O) groups is 2. The zero-order valence-electron chi connectivity index (χ0n) is 41.0. The molecule has 68 heavy (non-hydrogen) atoms. The molecular weight excluding hydrogens is 922 g/mol. The van der Waals surface area contributed by atoms with Crippen LogP contribution in [0.1, 0.15) is 194 Å². The van der Waals surface area contributed by atoms with Gasteiger partial charge in [0.1, 0.15) is 43.2 Å². The fourth-order valence-corrected chi connectivity index (χ4v) is 9.54. The summed E-state index contributed by atoms with van der Waals surface area (Å²) in [6.45, 7) is 3.05. The zero-order chi connectivity index (χ0) is 50.0. The molecule has 0 radical (unpaired) electrons. The zero-order valence-corrected chi connectivity index (χ0v) is 42.8. The predicted octanol–water partition coefficient (Wildman–Crippen LogP) is 9.28. The minimum Gasteiger partial charge on any atom is -0.462 e. The Morgan fingerprint density at radius 3 is 1.54 bits per heavy atom. The summed E-state index contributed by atoms with van der Waals surface area (Å²) < 4.78 is 55.2. The highest BCUT2D eigenvalue weighted by Gasteiger charge is 2.54. The molecule has 17 nitrogen and oxygen atoms in total. The molecule has 0 amide bonds. The van der Waals surface area contributed by atoms with Crippen LogP contribution in [0.5, 0.6) is 0 Å². The first-order valence-corrected chi connectivity index (χ1v) is 28.7. The number of aliphatic hydroxyl groups excluding tert-OH is 4. The number of phosphoric ester groups is 2. The molecular formula is C49H88O17P2. The summed E-state index contributed by atoms with van der Waals surface area (Å²) in [7, 11) is -10.7. The maximum absolute atomic E-state index is 13.0. The number of allylic oxidation sites excluding steroid dienone is 4. The molecule has 1 aliphatic heterocycles. The predicted molar refractivity (Wildman–Crippen MR) is 259 cm³/mol. The summed E-state index contributed by atoms with van der Waals surface area (Å²) in [6, 6.07) is 0. The first-order chi connectivity index (χ1) is 32.6. The third-order valence-electron chi connectivity index (χ3n) is 12.1. The van der Waals surface area contributed by atoms with E-state index in [0.29, 0.717) is 19.3 Å². The molecule has 2 rings (SSSR count). The van der Waals surface area contributed by atoms with Gasteiger partial charge < -0.3 is 49.3 Å². The molecule has 19 heteroatoms. The van der Waals surface area contributed by atoms with Crippen LogP contribution in [0.3, 0.4) is 0 Å². The molecule has 1 heterocycles. The van der Waals surface area contributed by atoms with Gasteiger partial charge in [-0.1, -0.05) is 166 Å². The van der Waals surface area contributed by atoms with Crippen LogP contribution >= 0.6 is 15.6 Å². The van der Waals surface area contributed by atoms with Crippen molar-refractivity contribution >= 4 is 27.6 Å². The molecule has 0 bridgehead atoms. The number of unbranched alkanes of at least 4 members (excludes halogenated alkanes) is 20. The van der Waals surface area contributed by atoms with E-state index < -0.39 is 83.5 Å². The van der Waals surface area contributed by atoms with Crippen LogP contribution in [-0.2, 0) is 46.5 Å². The number of rotatable bonds is 42. The van der Waals surface area contributed by atoms with Gasteiger partial charge >= 0.3 is 27.6 Å². The molecule has 0 spiro atoms. The number of epoxide rings is 1. The lowest BCUT2D eigenvalue weighted by Gasteiger charge is -2.43. The van der Waals surface area contributed by atoms with Gasteiger partial charge in [0.15, 0.2) is 6.10 Å². The van der Waals surface area contributed by atoms with Crippen LogP contribution in [0, 0.1) is 0 Å². The summed E-state index contributed by atoms with van der Waals surface area (Å²) in [5.41, 5.74) is 0. The van der Waals surface area contributed by atoms with Crippen LogP contribution in [0.4, 0.5) is 0 Å². The molecule has 1 saturated carbocycles. The van der Waals surface area contributed by atoms with Crippen molar-refractivity contribution in [2.45, 2.75) is 249 Å². The van der Waals surface area contributed by atoms with E-state index in [1.54, 1.807) is 0 Å². The molecule has 2 fully saturated rings. The SMILES string of the molecule is CCCCC/C=C\C/C=C\CC1OC1C/C=C\CCCC(=O)O[C@H](COC(=O)CCCCCCCCCCCCCCCCCCC)COP(=O)(O)O[C@H]1C(O)C(O)C(O)[C@@H](OP(=O)(O)O)C1O. The normalized spacial score (nSPS) is 24.5. The maximum Gasteiger partial charge on any atom is 0.472 e. The van der Waals surface area contributed by atoms with E-state index in [9.17, 15) is 53.8 Å². The molecule has 7 N–H and O–H groups in total. The Bertz CT molecular complexity index is 1520. The largest absolute Gasteiger partial charge is 0.472 e. The van der Waals surface area contributed by atoms with E-state index in [1.807, 2.05) is 12.2 Å². The smallest absolute Gasteiger partial charge is 0.462 e. The van der Waals surface area contributed by atoms with Gasteiger partial charge in [-0.05, 0) is 51.4 Å². The highest BCUT2D eigenvalue weighted by atomic mass is 31.2. The number of hydrogen-bond acceptors (Lipinski definition) is 14. The van der Waals surface area contributed by atoms with Crippen molar-refractivity contribution in [3.63, 3.8) is 0 Å². The summed E-state index contributed by atoms with van der Waals surface area (Å²) in [5.74, 6) is -1.27. The quantitative estimate of drug-likeness (QED) is 0.00987. The van der Waals surface area contributed by atoms with Gasteiger partial charge in [-0.3, -0.25) is 23.2 Å². The van der Waals surface area contributed by atoms with Gasteiger partial charge in [0, 0.05) is 12.8 Å². The van der Waals surface area contributed by atoms with Crippen molar-refractivity contribution in [3.8, 4) is 0 Å². The first-order valence-electron chi connectivity index (χ1n) is 25.7. The molecule has 10 atom stereocenters. The number of hydrogen-bond donors (Lipinski definition) is 7. The topological polar surface area (TPSA) is 269 Å². The Kier molecular flexibility index (Phi) is 33.9. The summed E-state index contributed by atoms with van der Waals surface area (Å²) in [6.07, 6.45) is 26.9. The van der Waals surface area contributed by atoms with Gasteiger partial charge in [0.25, 0.3) is 0 Å². The van der Waals surface area contributed by atoms with Gasteiger partial charge in [-0.25, -0.2) is 9.13 Å². The van der Waals surface area contributed by atoms with E-state index in [1.165, 1.54) is 96.3 Å². The fourth-order valence-electron chi connectivity index (χ4n) is 8.00. The van der Waals surface area contributed by atoms with Crippen molar-refractivity contribution in [2.24, 2.45) is 0 Å². The second kappa shape index (κ2) is 37.0. The lowest BCUT2D eigenvalue weighted by molar-refractivity contribution is -0.216. The van der Waals surface area contributed by atoms with Crippen molar-refractivity contribution < 1.29 is 81.6 Å². The van der Waals surface area contributed by atoms with E-state index in [2.05, 4.69) is 42.7 Å². The van der Waals surface area contributed by atoms with Gasteiger partial charge in [0.2, 0.25) is 0 Å². The molecule has 1 saturated heterocycles. The van der Waals surface area contributed by atoms with Gasteiger partial charge in [-0.2, -0.15) is 0 Å². The Morgan fingerprint density at radius 1 is 0.529 bits per heavy atom. The van der Waals surface area contributed by atoms with Crippen LogP contribution in [-0.4, -0.2) is 115 Å². The number of aliphatic hydroxyl groups is 4. The highest BCUT2D eigenvalue weighted by molar-refractivity contribution is 7.47. The lowest BCUT2D eigenvalue weighted by atomic mass is 9.85. The second-order valence-electron chi connectivity index (χ2n) is 18.3. The van der Waals surface area contributed by atoms with Crippen molar-refractivity contribution in [3.05, 3.63) is 36.5 Å². The minimum absolute atomic E-state index is 0.0383. The fraction of sp³-hybridized carbons (Fsp3) is 0.837. The third-order valence-corrected chi connectivity index (χ3v) is 13.6. The third kappa shape index (κ3) is 30.1. The van der Waals surface area contributed by atoms with Gasteiger partial charge in [0.05, 0.1) is 18.8 Å². The summed E-state index contributed by atoms with van der Waals surface area (Å²) in [5, 5.41) is 41.3. The maximum atomic E-state index is 13.0. The van der Waals surface area contributed by atoms with Crippen LogP contribution < -0.4 is 0 Å².